The molecule has 0 saturated carbocycles. The molecule has 4 heteroatoms. The van der Waals surface area contributed by atoms with Gasteiger partial charge in [0.15, 0.2) is 5.75 Å². The van der Waals surface area contributed by atoms with Crippen molar-refractivity contribution in [3.05, 3.63) is 59.4 Å². The number of hydrogen-bond acceptors (Lipinski definition) is 2. The lowest BCUT2D eigenvalue weighted by Crippen LogP contribution is -2.00. The lowest BCUT2D eigenvalue weighted by atomic mass is 10.1. The Labute approximate surface area is 97.9 Å². The number of benzene rings is 1. The standard InChI is InChI=1S/C13H11F2NO/c1-9-4-5-11(14)7-10(9)8-17-12-3-2-6-16-13(12)15/h2-7H,8H2,1H3. The van der Waals surface area contributed by atoms with Crippen LogP contribution in [0.4, 0.5) is 8.78 Å². The van der Waals surface area contributed by atoms with E-state index in [1.807, 2.05) is 6.92 Å². The van der Waals surface area contributed by atoms with Crippen LogP contribution in [-0.4, -0.2) is 4.98 Å². The average molecular weight is 235 g/mol. The van der Waals surface area contributed by atoms with Gasteiger partial charge < -0.3 is 4.74 Å². The first-order valence-electron chi connectivity index (χ1n) is 5.15. The predicted octanol–water partition coefficient (Wildman–Crippen LogP) is 3.25. The molecule has 2 nitrogen and oxygen atoms in total. The molecule has 0 N–H and O–H groups in total. The number of rotatable bonds is 3. The quantitative estimate of drug-likeness (QED) is 0.762. The molecule has 0 fully saturated rings. The van der Waals surface area contributed by atoms with Crippen LogP contribution in [0.5, 0.6) is 5.75 Å². The van der Waals surface area contributed by atoms with Gasteiger partial charge in [0.05, 0.1) is 0 Å². The van der Waals surface area contributed by atoms with E-state index in [2.05, 4.69) is 4.98 Å². The summed E-state index contributed by atoms with van der Waals surface area (Å²) in [6.45, 7) is 1.96. The second-order valence-corrected chi connectivity index (χ2v) is 3.65. The highest BCUT2D eigenvalue weighted by molar-refractivity contribution is 5.27. The predicted molar refractivity (Wildman–Crippen MR) is 59.7 cm³/mol. The third kappa shape index (κ3) is 2.78. The number of ether oxygens (including phenoxy) is 1. The highest BCUT2D eigenvalue weighted by Gasteiger charge is 2.05. The molecule has 0 amide bonds. The van der Waals surface area contributed by atoms with Gasteiger partial charge in [0, 0.05) is 6.20 Å². The highest BCUT2D eigenvalue weighted by Crippen LogP contribution is 2.17. The Morgan fingerprint density at radius 2 is 2.06 bits per heavy atom. The Morgan fingerprint density at radius 1 is 1.24 bits per heavy atom. The van der Waals surface area contributed by atoms with Crippen molar-refractivity contribution in [2.45, 2.75) is 13.5 Å². The first kappa shape index (κ1) is 11.5. The smallest absolute Gasteiger partial charge is 0.255 e. The van der Waals surface area contributed by atoms with Gasteiger partial charge in [-0.05, 0) is 42.3 Å². The third-order valence-electron chi connectivity index (χ3n) is 2.42. The molecule has 0 aliphatic rings. The van der Waals surface area contributed by atoms with E-state index in [1.165, 1.54) is 24.4 Å². The van der Waals surface area contributed by atoms with Gasteiger partial charge in [0.1, 0.15) is 12.4 Å². The van der Waals surface area contributed by atoms with Gasteiger partial charge in [-0.15, -0.1) is 0 Å². The molecule has 0 aliphatic heterocycles. The molecule has 88 valence electrons. The van der Waals surface area contributed by atoms with Crippen LogP contribution in [0.25, 0.3) is 0 Å². The van der Waals surface area contributed by atoms with Gasteiger partial charge in [0.25, 0.3) is 5.95 Å². The maximum atomic E-state index is 13.2. The summed E-state index contributed by atoms with van der Waals surface area (Å²) >= 11 is 0. The number of halogens is 2. The summed E-state index contributed by atoms with van der Waals surface area (Å²) in [7, 11) is 0. The van der Waals surface area contributed by atoms with Crippen molar-refractivity contribution in [2.75, 3.05) is 0 Å². The summed E-state index contributed by atoms with van der Waals surface area (Å²) in [5, 5.41) is 0. The third-order valence-corrected chi connectivity index (χ3v) is 2.42. The van der Waals surface area contributed by atoms with Crippen molar-refractivity contribution in [3.8, 4) is 5.75 Å². The second-order valence-electron chi connectivity index (χ2n) is 3.65. The Morgan fingerprint density at radius 3 is 2.82 bits per heavy atom. The summed E-state index contributed by atoms with van der Waals surface area (Å²) < 4.78 is 31.4. The molecule has 0 radical (unpaired) electrons. The van der Waals surface area contributed by atoms with E-state index >= 15 is 0 Å². The fourth-order valence-electron chi connectivity index (χ4n) is 1.43. The molecule has 0 atom stereocenters. The monoisotopic (exact) mass is 235 g/mol. The highest BCUT2D eigenvalue weighted by atomic mass is 19.1. The van der Waals surface area contributed by atoms with Gasteiger partial charge in [-0.3, -0.25) is 0 Å². The first-order chi connectivity index (χ1) is 8.16. The zero-order valence-corrected chi connectivity index (χ0v) is 9.28. The van der Waals surface area contributed by atoms with Crippen molar-refractivity contribution in [1.29, 1.82) is 0 Å². The molecule has 2 rings (SSSR count). The van der Waals surface area contributed by atoms with Crippen LogP contribution in [0, 0.1) is 18.7 Å². The van der Waals surface area contributed by atoms with Gasteiger partial charge in [-0.25, -0.2) is 9.37 Å². The van der Waals surface area contributed by atoms with Gasteiger partial charge in [-0.1, -0.05) is 6.07 Å². The zero-order chi connectivity index (χ0) is 12.3. The van der Waals surface area contributed by atoms with E-state index in [0.717, 1.165) is 5.56 Å². The van der Waals surface area contributed by atoms with E-state index in [0.29, 0.717) is 5.56 Å². The summed E-state index contributed by atoms with van der Waals surface area (Å²) in [4.78, 5) is 3.47. The fraction of sp³-hybridized carbons (Fsp3) is 0.154. The normalized spacial score (nSPS) is 10.3. The van der Waals surface area contributed by atoms with E-state index in [4.69, 9.17) is 4.74 Å². The molecule has 0 saturated heterocycles. The van der Waals surface area contributed by atoms with Crippen LogP contribution in [0.15, 0.2) is 36.5 Å². The minimum atomic E-state index is -0.665. The zero-order valence-electron chi connectivity index (χ0n) is 9.28. The molecule has 1 aromatic carbocycles. The number of hydrogen-bond donors (Lipinski definition) is 0. The van der Waals surface area contributed by atoms with Gasteiger partial charge in [0.2, 0.25) is 0 Å². The summed E-state index contributed by atoms with van der Waals surface area (Å²) in [6, 6.07) is 7.48. The molecular weight excluding hydrogens is 224 g/mol. The maximum absolute atomic E-state index is 13.2. The molecule has 2 aromatic rings. The summed E-state index contributed by atoms with van der Waals surface area (Å²) in [5.74, 6) is -0.932. The molecule has 0 aliphatic carbocycles. The second kappa shape index (κ2) is 4.91. The SMILES string of the molecule is Cc1ccc(F)cc1COc1cccnc1F. The van der Waals surface area contributed by atoms with Gasteiger partial charge >= 0.3 is 0 Å². The Kier molecular flexibility index (Phi) is 3.32. The van der Waals surface area contributed by atoms with E-state index < -0.39 is 5.95 Å². The van der Waals surface area contributed by atoms with Crippen LogP contribution < -0.4 is 4.74 Å². The minimum Gasteiger partial charge on any atom is -0.484 e. The molecule has 17 heavy (non-hydrogen) atoms. The van der Waals surface area contributed by atoms with Crippen LogP contribution in [0.1, 0.15) is 11.1 Å². The Balaban J connectivity index is 2.12. The number of nitrogens with zero attached hydrogens (tertiary/aromatic N) is 1. The summed E-state index contributed by atoms with van der Waals surface area (Å²) in [5.41, 5.74) is 1.59. The van der Waals surface area contributed by atoms with E-state index in [1.54, 1.807) is 12.1 Å². The minimum absolute atomic E-state index is 0.0659. The van der Waals surface area contributed by atoms with Crippen LogP contribution in [0.2, 0.25) is 0 Å². The van der Waals surface area contributed by atoms with Crippen molar-refractivity contribution in [2.24, 2.45) is 0 Å². The largest absolute Gasteiger partial charge is 0.484 e. The number of aryl methyl sites for hydroxylation is 1. The molecule has 0 unspecified atom stereocenters. The van der Waals surface area contributed by atoms with Crippen LogP contribution in [0.3, 0.4) is 0 Å². The average Bonchev–Trinajstić information content (AvgIpc) is 2.32. The van der Waals surface area contributed by atoms with Crippen molar-refractivity contribution in [1.82, 2.24) is 4.98 Å². The van der Waals surface area contributed by atoms with E-state index in [-0.39, 0.29) is 18.2 Å². The molecule has 0 bridgehead atoms. The summed E-state index contributed by atoms with van der Waals surface area (Å²) in [6.07, 6.45) is 1.34. The molecule has 0 spiro atoms. The number of aromatic nitrogens is 1. The topological polar surface area (TPSA) is 22.1 Å². The van der Waals surface area contributed by atoms with Crippen LogP contribution in [-0.2, 0) is 6.61 Å². The molecule has 1 aromatic heterocycles. The maximum Gasteiger partial charge on any atom is 0.255 e. The Bertz CT molecular complexity index is 529. The van der Waals surface area contributed by atoms with Crippen LogP contribution >= 0.6 is 0 Å². The lowest BCUT2D eigenvalue weighted by Gasteiger charge is -2.08. The number of pyridine rings is 1. The van der Waals surface area contributed by atoms with Crippen molar-refractivity contribution < 1.29 is 13.5 Å². The van der Waals surface area contributed by atoms with Crippen molar-refractivity contribution >= 4 is 0 Å². The van der Waals surface area contributed by atoms with Crippen molar-refractivity contribution in [3.63, 3.8) is 0 Å². The van der Waals surface area contributed by atoms with Gasteiger partial charge in [-0.2, -0.15) is 4.39 Å². The molecular formula is C13H11F2NO. The Hall–Kier alpha value is -1.97. The van der Waals surface area contributed by atoms with E-state index in [9.17, 15) is 8.78 Å². The fourth-order valence-corrected chi connectivity index (χ4v) is 1.43. The molecule has 1 heterocycles. The lowest BCUT2D eigenvalue weighted by molar-refractivity contribution is 0.284. The first-order valence-corrected chi connectivity index (χ1v) is 5.15.